The van der Waals surface area contributed by atoms with Crippen molar-refractivity contribution >= 4 is 0 Å². The highest BCUT2D eigenvalue weighted by Crippen LogP contribution is 2.43. The summed E-state index contributed by atoms with van der Waals surface area (Å²) in [6.45, 7) is 16.2. The molecule has 0 bridgehead atoms. The zero-order valence-electron chi connectivity index (χ0n) is 8.58. The fraction of sp³-hybridized carbons (Fsp3) is 1.00. The van der Waals surface area contributed by atoms with Gasteiger partial charge in [-0.3, -0.25) is 0 Å². The maximum absolute atomic E-state index is 2.34. The van der Waals surface area contributed by atoms with Gasteiger partial charge in [0.25, 0.3) is 0 Å². The van der Waals surface area contributed by atoms with E-state index in [-0.39, 0.29) is 0 Å². The molecule has 10 heavy (non-hydrogen) atoms. The van der Waals surface area contributed by atoms with E-state index in [0.717, 1.165) is 5.92 Å². The molecule has 0 saturated heterocycles. The number of hydrogen-bond donors (Lipinski definition) is 0. The Kier molecular flexibility index (Phi) is 2.56. The minimum Gasteiger partial charge on any atom is -0.0622 e. The average Bonchev–Trinajstić information content (AvgIpc) is 1.62. The van der Waals surface area contributed by atoms with Crippen LogP contribution in [-0.2, 0) is 0 Å². The van der Waals surface area contributed by atoms with Crippen molar-refractivity contribution in [3.8, 4) is 0 Å². The van der Waals surface area contributed by atoms with Crippen LogP contribution in [0.5, 0.6) is 0 Å². The normalized spacial score (nSPS) is 14.4. The molecule has 0 atom stereocenters. The molecule has 0 N–H and O–H groups in total. The molecular formula is C10H22. The zero-order chi connectivity index (χ0) is 8.58. The smallest absolute Gasteiger partial charge is 0.0283 e. The molecule has 0 unspecified atom stereocenters. The van der Waals surface area contributed by atoms with Gasteiger partial charge in [-0.1, -0.05) is 48.5 Å². The van der Waals surface area contributed by atoms with Crippen LogP contribution in [0.25, 0.3) is 0 Å². The third kappa shape index (κ3) is 1.74. The van der Waals surface area contributed by atoms with E-state index < -0.39 is 0 Å². The van der Waals surface area contributed by atoms with Crippen LogP contribution in [0.2, 0.25) is 0 Å². The van der Waals surface area contributed by atoms with E-state index in [1.807, 2.05) is 0 Å². The standard InChI is InChI=1S/C10H22/c1-8(2)10(6,7)9(3,4)5/h8H,1-7H3. The quantitative estimate of drug-likeness (QED) is 0.523. The first-order chi connectivity index (χ1) is 4.19. The summed E-state index contributed by atoms with van der Waals surface area (Å²) in [7, 11) is 0. The number of hydrogen-bond acceptors (Lipinski definition) is 0. The molecule has 62 valence electrons. The monoisotopic (exact) mass is 142 g/mol. The summed E-state index contributed by atoms with van der Waals surface area (Å²) in [5.41, 5.74) is 0.855. The van der Waals surface area contributed by atoms with Gasteiger partial charge in [0.15, 0.2) is 0 Å². The Morgan fingerprint density at radius 1 is 0.800 bits per heavy atom. The lowest BCUT2D eigenvalue weighted by Gasteiger charge is -2.42. The second kappa shape index (κ2) is 2.56. The summed E-state index contributed by atoms with van der Waals surface area (Å²) in [5.74, 6) is 0.757. The molecule has 0 nitrogen and oxygen atoms in total. The van der Waals surface area contributed by atoms with Crippen molar-refractivity contribution in [2.75, 3.05) is 0 Å². The molecule has 0 spiro atoms. The lowest BCUT2D eigenvalue weighted by atomic mass is 9.63. The van der Waals surface area contributed by atoms with Crippen molar-refractivity contribution in [2.24, 2.45) is 16.7 Å². The van der Waals surface area contributed by atoms with Crippen LogP contribution < -0.4 is 0 Å². The Balaban J connectivity index is 4.40. The molecule has 0 aromatic rings. The highest BCUT2D eigenvalue weighted by atomic mass is 14.4. The molecule has 0 radical (unpaired) electrons. The Morgan fingerprint density at radius 3 is 1.10 bits per heavy atom. The second-order valence-electron chi connectivity index (χ2n) is 5.13. The molecule has 0 aromatic heterocycles. The summed E-state index contributed by atoms with van der Waals surface area (Å²) >= 11 is 0. The molecule has 0 aliphatic rings. The van der Waals surface area contributed by atoms with Crippen LogP contribution in [0.3, 0.4) is 0 Å². The van der Waals surface area contributed by atoms with Crippen molar-refractivity contribution < 1.29 is 0 Å². The van der Waals surface area contributed by atoms with Crippen LogP contribution in [0.1, 0.15) is 48.5 Å². The third-order valence-electron chi connectivity index (χ3n) is 3.38. The van der Waals surface area contributed by atoms with Gasteiger partial charge in [-0.05, 0) is 16.7 Å². The van der Waals surface area contributed by atoms with E-state index in [1.165, 1.54) is 0 Å². The van der Waals surface area contributed by atoms with Crippen molar-refractivity contribution in [1.29, 1.82) is 0 Å². The Labute approximate surface area is 66.0 Å². The van der Waals surface area contributed by atoms with Gasteiger partial charge in [0, 0.05) is 0 Å². The van der Waals surface area contributed by atoms with Crippen LogP contribution >= 0.6 is 0 Å². The highest BCUT2D eigenvalue weighted by molar-refractivity contribution is 4.84. The highest BCUT2D eigenvalue weighted by Gasteiger charge is 2.35. The topological polar surface area (TPSA) is 0 Å². The molecule has 0 heterocycles. The Bertz CT molecular complexity index is 102. The molecule has 0 amide bonds. The van der Waals surface area contributed by atoms with E-state index in [4.69, 9.17) is 0 Å². The van der Waals surface area contributed by atoms with Crippen LogP contribution in [0, 0.1) is 16.7 Å². The van der Waals surface area contributed by atoms with E-state index in [1.54, 1.807) is 0 Å². The fourth-order valence-electron chi connectivity index (χ4n) is 0.866. The molecular weight excluding hydrogens is 120 g/mol. The second-order valence-corrected chi connectivity index (χ2v) is 5.13. The van der Waals surface area contributed by atoms with Crippen LogP contribution in [-0.4, -0.2) is 0 Å². The van der Waals surface area contributed by atoms with Crippen molar-refractivity contribution in [3.05, 3.63) is 0 Å². The average molecular weight is 142 g/mol. The Morgan fingerprint density at radius 2 is 1.10 bits per heavy atom. The maximum Gasteiger partial charge on any atom is -0.0283 e. The third-order valence-corrected chi connectivity index (χ3v) is 3.38. The lowest BCUT2D eigenvalue weighted by Crippen LogP contribution is -2.34. The van der Waals surface area contributed by atoms with Gasteiger partial charge in [0.05, 0.1) is 0 Å². The molecule has 0 aliphatic heterocycles. The van der Waals surface area contributed by atoms with E-state index in [2.05, 4.69) is 48.5 Å². The molecule has 0 aliphatic carbocycles. The minimum atomic E-state index is 0.418. The summed E-state index contributed by atoms with van der Waals surface area (Å²) in [6.07, 6.45) is 0. The minimum absolute atomic E-state index is 0.418. The van der Waals surface area contributed by atoms with Crippen LogP contribution in [0.15, 0.2) is 0 Å². The summed E-state index contributed by atoms with van der Waals surface area (Å²) in [6, 6.07) is 0. The predicted molar refractivity (Wildman–Crippen MR) is 48.1 cm³/mol. The van der Waals surface area contributed by atoms with Crippen LogP contribution in [0.4, 0.5) is 0 Å². The SMILES string of the molecule is CC(C)C(C)(C)C(C)(C)C. The maximum atomic E-state index is 2.34. The van der Waals surface area contributed by atoms with Gasteiger partial charge in [0.2, 0.25) is 0 Å². The van der Waals surface area contributed by atoms with Gasteiger partial charge >= 0.3 is 0 Å². The van der Waals surface area contributed by atoms with Gasteiger partial charge in [-0.2, -0.15) is 0 Å². The van der Waals surface area contributed by atoms with E-state index in [9.17, 15) is 0 Å². The first-order valence-corrected chi connectivity index (χ1v) is 4.19. The van der Waals surface area contributed by atoms with E-state index >= 15 is 0 Å². The van der Waals surface area contributed by atoms with E-state index in [0.29, 0.717) is 10.8 Å². The van der Waals surface area contributed by atoms with Gasteiger partial charge in [0.1, 0.15) is 0 Å². The lowest BCUT2D eigenvalue weighted by molar-refractivity contribution is 0.0737. The van der Waals surface area contributed by atoms with Gasteiger partial charge in [-0.15, -0.1) is 0 Å². The molecule has 0 saturated carbocycles. The van der Waals surface area contributed by atoms with Crippen molar-refractivity contribution in [2.45, 2.75) is 48.5 Å². The fourth-order valence-corrected chi connectivity index (χ4v) is 0.866. The van der Waals surface area contributed by atoms with Gasteiger partial charge in [-0.25, -0.2) is 0 Å². The predicted octanol–water partition coefficient (Wildman–Crippen LogP) is 3.71. The summed E-state index contributed by atoms with van der Waals surface area (Å²) in [5, 5.41) is 0. The summed E-state index contributed by atoms with van der Waals surface area (Å²) in [4.78, 5) is 0. The van der Waals surface area contributed by atoms with Crippen molar-refractivity contribution in [1.82, 2.24) is 0 Å². The van der Waals surface area contributed by atoms with Crippen molar-refractivity contribution in [3.63, 3.8) is 0 Å². The first-order valence-electron chi connectivity index (χ1n) is 4.19. The number of rotatable bonds is 1. The molecule has 0 aromatic carbocycles. The van der Waals surface area contributed by atoms with Gasteiger partial charge < -0.3 is 0 Å². The molecule has 0 heteroatoms. The Hall–Kier alpha value is 0. The molecule has 0 fully saturated rings. The zero-order valence-corrected chi connectivity index (χ0v) is 8.58. The largest absolute Gasteiger partial charge is 0.0622 e. The molecule has 0 rings (SSSR count). The summed E-state index contributed by atoms with van der Waals surface area (Å²) < 4.78 is 0. The first kappa shape index (κ1) is 10.0.